The van der Waals surface area contributed by atoms with Gasteiger partial charge in [0.15, 0.2) is 0 Å². The molecule has 0 bridgehead atoms. The van der Waals surface area contributed by atoms with Crippen LogP contribution in [0.15, 0.2) is 23.8 Å². The Hall–Kier alpha value is -1.88. The van der Waals surface area contributed by atoms with Crippen molar-refractivity contribution in [2.45, 2.75) is 20.3 Å². The molecule has 114 valence electrons. The van der Waals surface area contributed by atoms with Gasteiger partial charge in [-0.1, -0.05) is 13.8 Å². The first-order chi connectivity index (χ1) is 9.91. The third-order valence-corrected chi connectivity index (χ3v) is 3.49. The van der Waals surface area contributed by atoms with Crippen molar-refractivity contribution in [2.75, 3.05) is 19.8 Å². The van der Waals surface area contributed by atoms with E-state index in [0.717, 1.165) is 0 Å². The molecule has 2 N–H and O–H groups in total. The summed E-state index contributed by atoms with van der Waals surface area (Å²) in [6.45, 7) is 4.66. The van der Waals surface area contributed by atoms with E-state index in [4.69, 9.17) is 9.84 Å². The molecule has 0 aromatic heterocycles. The molecular formula is C16H20FNO3. The van der Waals surface area contributed by atoms with Gasteiger partial charge in [0.2, 0.25) is 0 Å². The molecular weight excluding hydrogens is 273 g/mol. The van der Waals surface area contributed by atoms with E-state index in [9.17, 15) is 9.18 Å². The zero-order chi connectivity index (χ0) is 15.5. The maximum atomic E-state index is 13.2. The molecule has 2 rings (SSSR count). The van der Waals surface area contributed by atoms with Crippen molar-refractivity contribution < 1.29 is 19.0 Å². The first kappa shape index (κ1) is 15.5. The summed E-state index contributed by atoms with van der Waals surface area (Å²) in [5, 5.41) is 11.8. The summed E-state index contributed by atoms with van der Waals surface area (Å²) in [6, 6.07) is 4.23. The third kappa shape index (κ3) is 4.04. The second-order valence-electron chi connectivity index (χ2n) is 5.96. The Morgan fingerprint density at radius 3 is 2.95 bits per heavy atom. The Balaban J connectivity index is 2.04. The monoisotopic (exact) mass is 293 g/mol. The van der Waals surface area contributed by atoms with Crippen molar-refractivity contribution >= 4 is 12.0 Å². The minimum atomic E-state index is -0.362. The van der Waals surface area contributed by atoms with Gasteiger partial charge in [-0.25, -0.2) is 4.39 Å². The fourth-order valence-corrected chi connectivity index (χ4v) is 2.10. The van der Waals surface area contributed by atoms with E-state index < -0.39 is 0 Å². The maximum Gasteiger partial charge on any atom is 0.250 e. The van der Waals surface area contributed by atoms with E-state index in [2.05, 4.69) is 5.32 Å². The van der Waals surface area contributed by atoms with Crippen LogP contribution in [0.5, 0.6) is 5.75 Å². The normalized spacial score (nSPS) is 14.0. The Kier molecular flexibility index (Phi) is 4.63. The fraction of sp³-hybridized carbons (Fsp3) is 0.438. The third-order valence-electron chi connectivity index (χ3n) is 3.49. The van der Waals surface area contributed by atoms with Crippen molar-refractivity contribution in [3.05, 3.63) is 35.2 Å². The predicted molar refractivity (Wildman–Crippen MR) is 78.4 cm³/mol. The molecule has 1 aromatic rings. The number of carbonyl (C=O) groups is 1. The lowest BCUT2D eigenvalue weighted by molar-refractivity contribution is -0.118. The number of hydrogen-bond acceptors (Lipinski definition) is 3. The topological polar surface area (TPSA) is 58.6 Å². The van der Waals surface area contributed by atoms with E-state index in [0.29, 0.717) is 29.9 Å². The van der Waals surface area contributed by atoms with Crippen LogP contribution in [0.2, 0.25) is 0 Å². The average Bonchev–Trinajstić information content (AvgIpc) is 2.44. The van der Waals surface area contributed by atoms with Crippen molar-refractivity contribution in [3.63, 3.8) is 0 Å². The summed E-state index contributed by atoms with van der Waals surface area (Å²) in [7, 11) is 0. The van der Waals surface area contributed by atoms with Crippen LogP contribution in [-0.4, -0.2) is 30.8 Å². The molecule has 1 aliphatic rings. The summed E-state index contributed by atoms with van der Waals surface area (Å²) < 4.78 is 18.7. The van der Waals surface area contributed by atoms with Crippen LogP contribution in [0, 0.1) is 11.2 Å². The summed E-state index contributed by atoms with van der Waals surface area (Å²) in [5.41, 5.74) is 0.860. The SMILES string of the molecule is CC(C)(CCO)CNC(=O)C1=Cc2cc(F)ccc2OC1. The van der Waals surface area contributed by atoms with Crippen LogP contribution in [-0.2, 0) is 4.79 Å². The van der Waals surface area contributed by atoms with Crippen LogP contribution >= 0.6 is 0 Å². The number of aliphatic hydroxyl groups excluding tert-OH is 1. The van der Waals surface area contributed by atoms with E-state index in [1.807, 2.05) is 13.8 Å². The molecule has 0 fully saturated rings. The van der Waals surface area contributed by atoms with Crippen molar-refractivity contribution in [1.82, 2.24) is 5.32 Å². The van der Waals surface area contributed by atoms with Gasteiger partial charge in [0.05, 0.1) is 5.57 Å². The summed E-state index contributed by atoms with van der Waals surface area (Å²) >= 11 is 0. The zero-order valence-electron chi connectivity index (χ0n) is 12.3. The number of halogens is 1. The highest BCUT2D eigenvalue weighted by atomic mass is 19.1. The number of hydrogen-bond donors (Lipinski definition) is 2. The van der Waals surface area contributed by atoms with Gasteiger partial charge in [0.25, 0.3) is 5.91 Å². The number of carbonyl (C=O) groups excluding carboxylic acids is 1. The predicted octanol–water partition coefficient (Wildman–Crippen LogP) is 2.13. The molecule has 0 radical (unpaired) electrons. The molecule has 0 atom stereocenters. The highest BCUT2D eigenvalue weighted by Gasteiger charge is 2.21. The van der Waals surface area contributed by atoms with Crippen LogP contribution in [0.25, 0.3) is 6.08 Å². The quantitative estimate of drug-likeness (QED) is 0.874. The van der Waals surface area contributed by atoms with Gasteiger partial charge < -0.3 is 15.2 Å². The minimum Gasteiger partial charge on any atom is -0.488 e. The number of ether oxygens (including phenoxy) is 1. The number of amides is 1. The summed E-state index contributed by atoms with van der Waals surface area (Å²) in [4.78, 5) is 12.1. The molecule has 1 heterocycles. The first-order valence-electron chi connectivity index (χ1n) is 6.93. The Labute approximate surface area is 123 Å². The fourth-order valence-electron chi connectivity index (χ4n) is 2.10. The first-order valence-corrected chi connectivity index (χ1v) is 6.93. The molecule has 1 aromatic carbocycles. The lowest BCUT2D eigenvalue weighted by atomic mass is 9.89. The number of nitrogens with one attached hydrogen (secondary N) is 1. The van der Waals surface area contributed by atoms with Gasteiger partial charge >= 0.3 is 0 Å². The van der Waals surface area contributed by atoms with Gasteiger partial charge in [-0.2, -0.15) is 0 Å². The lowest BCUT2D eigenvalue weighted by Crippen LogP contribution is -2.36. The van der Waals surface area contributed by atoms with Gasteiger partial charge in [-0.3, -0.25) is 4.79 Å². The van der Waals surface area contributed by atoms with E-state index in [1.54, 1.807) is 12.1 Å². The molecule has 0 unspecified atom stereocenters. The Morgan fingerprint density at radius 1 is 1.48 bits per heavy atom. The van der Waals surface area contributed by atoms with Crippen LogP contribution in [0.4, 0.5) is 4.39 Å². The number of fused-ring (bicyclic) bond motifs is 1. The van der Waals surface area contributed by atoms with Crippen LogP contribution in [0.3, 0.4) is 0 Å². The highest BCUT2D eigenvalue weighted by Crippen LogP contribution is 2.27. The zero-order valence-corrected chi connectivity index (χ0v) is 12.3. The largest absolute Gasteiger partial charge is 0.488 e. The molecule has 0 aliphatic carbocycles. The lowest BCUT2D eigenvalue weighted by Gasteiger charge is -2.25. The van der Waals surface area contributed by atoms with Crippen molar-refractivity contribution in [2.24, 2.45) is 5.41 Å². The smallest absolute Gasteiger partial charge is 0.250 e. The standard InChI is InChI=1S/C16H20FNO3/c1-16(2,5-6-19)10-18-15(20)12-7-11-8-13(17)3-4-14(11)21-9-12/h3-4,7-8,19H,5-6,9-10H2,1-2H3,(H,18,20). The highest BCUT2D eigenvalue weighted by molar-refractivity contribution is 5.99. The Bertz CT molecular complexity index is 567. The van der Waals surface area contributed by atoms with Crippen LogP contribution < -0.4 is 10.1 Å². The molecule has 0 spiro atoms. The minimum absolute atomic E-state index is 0.0847. The maximum absolute atomic E-state index is 13.2. The van der Waals surface area contributed by atoms with E-state index >= 15 is 0 Å². The second-order valence-corrected chi connectivity index (χ2v) is 5.96. The Morgan fingerprint density at radius 2 is 2.24 bits per heavy atom. The van der Waals surface area contributed by atoms with E-state index in [-0.39, 0.29) is 30.4 Å². The molecule has 0 saturated carbocycles. The molecule has 1 amide bonds. The van der Waals surface area contributed by atoms with E-state index in [1.165, 1.54) is 12.1 Å². The molecule has 1 aliphatic heterocycles. The van der Waals surface area contributed by atoms with Crippen molar-refractivity contribution in [1.29, 1.82) is 0 Å². The van der Waals surface area contributed by atoms with Crippen LogP contribution in [0.1, 0.15) is 25.8 Å². The summed E-state index contributed by atoms with van der Waals surface area (Å²) in [6.07, 6.45) is 2.26. The molecule has 21 heavy (non-hydrogen) atoms. The van der Waals surface area contributed by atoms with Gasteiger partial charge in [-0.15, -0.1) is 0 Å². The van der Waals surface area contributed by atoms with Gasteiger partial charge in [0, 0.05) is 18.7 Å². The number of rotatable bonds is 5. The second kappa shape index (κ2) is 6.26. The van der Waals surface area contributed by atoms with Crippen molar-refractivity contribution in [3.8, 4) is 5.75 Å². The molecule has 5 heteroatoms. The molecule has 4 nitrogen and oxygen atoms in total. The van der Waals surface area contributed by atoms with Gasteiger partial charge in [0.1, 0.15) is 18.2 Å². The number of aliphatic hydroxyl groups is 1. The molecule has 0 saturated heterocycles. The summed E-state index contributed by atoms with van der Waals surface area (Å²) in [5.74, 6) is -0.0103. The number of benzene rings is 1. The average molecular weight is 293 g/mol. The van der Waals surface area contributed by atoms with Gasteiger partial charge in [-0.05, 0) is 36.1 Å².